The lowest BCUT2D eigenvalue weighted by Crippen LogP contribution is -2.43. The maximum Gasteiger partial charge on any atom is 0.410 e. The SMILES string of the molecule is CCCCCCCCc1ccc([C@H]2CCN(C(=O)OC(C)(C)C)[C@@H]2COCCCC=O)cc1. The van der Waals surface area contributed by atoms with Gasteiger partial charge in [-0.15, -0.1) is 0 Å². The smallest absolute Gasteiger partial charge is 0.410 e. The first-order valence-corrected chi connectivity index (χ1v) is 13.0. The normalized spacial score (nSPS) is 18.5. The fourth-order valence-corrected chi connectivity index (χ4v) is 4.51. The molecule has 0 unspecified atom stereocenters. The molecule has 33 heavy (non-hydrogen) atoms. The Morgan fingerprint density at radius 2 is 1.76 bits per heavy atom. The van der Waals surface area contributed by atoms with E-state index in [1.807, 2.05) is 25.7 Å². The van der Waals surface area contributed by atoms with Crippen LogP contribution in [0.5, 0.6) is 0 Å². The highest BCUT2D eigenvalue weighted by Crippen LogP contribution is 2.35. The number of likely N-dealkylation sites (tertiary alicyclic amines) is 1. The number of benzene rings is 1. The van der Waals surface area contributed by atoms with Gasteiger partial charge < -0.3 is 19.2 Å². The van der Waals surface area contributed by atoms with Crippen molar-refractivity contribution in [2.24, 2.45) is 0 Å². The van der Waals surface area contributed by atoms with Gasteiger partial charge >= 0.3 is 6.09 Å². The van der Waals surface area contributed by atoms with E-state index < -0.39 is 5.60 Å². The number of carbonyl (C=O) groups excluding carboxylic acids is 2. The van der Waals surface area contributed by atoms with Crippen molar-refractivity contribution in [3.05, 3.63) is 35.4 Å². The van der Waals surface area contributed by atoms with Crippen molar-refractivity contribution in [2.75, 3.05) is 19.8 Å². The second-order valence-electron chi connectivity index (χ2n) is 10.3. The molecule has 0 saturated carbocycles. The van der Waals surface area contributed by atoms with Crippen LogP contribution in [0, 0.1) is 0 Å². The first kappa shape index (κ1) is 27.4. The third-order valence-corrected chi connectivity index (χ3v) is 6.30. The molecule has 186 valence electrons. The van der Waals surface area contributed by atoms with Crippen molar-refractivity contribution in [1.29, 1.82) is 0 Å². The number of hydrogen-bond acceptors (Lipinski definition) is 4. The molecule has 0 N–H and O–H groups in total. The fraction of sp³-hybridized carbons (Fsp3) is 0.714. The fourth-order valence-electron chi connectivity index (χ4n) is 4.51. The quantitative estimate of drug-likeness (QED) is 0.230. The zero-order valence-electron chi connectivity index (χ0n) is 21.3. The molecule has 1 fully saturated rings. The minimum absolute atomic E-state index is 0.0551. The van der Waals surface area contributed by atoms with E-state index in [0.717, 1.165) is 19.1 Å². The molecule has 1 heterocycles. The van der Waals surface area contributed by atoms with E-state index in [4.69, 9.17) is 9.47 Å². The van der Waals surface area contributed by atoms with E-state index in [1.54, 1.807) is 0 Å². The summed E-state index contributed by atoms with van der Waals surface area (Å²) in [6.07, 6.45) is 11.8. The molecule has 2 atom stereocenters. The predicted molar refractivity (Wildman–Crippen MR) is 134 cm³/mol. The van der Waals surface area contributed by atoms with Gasteiger partial charge in [0, 0.05) is 25.5 Å². The van der Waals surface area contributed by atoms with Gasteiger partial charge in [-0.1, -0.05) is 63.3 Å². The second-order valence-corrected chi connectivity index (χ2v) is 10.3. The third-order valence-electron chi connectivity index (χ3n) is 6.30. The molecule has 1 aliphatic heterocycles. The van der Waals surface area contributed by atoms with Crippen LogP contribution in [0.3, 0.4) is 0 Å². The van der Waals surface area contributed by atoms with Crippen LogP contribution in [0.1, 0.15) is 103 Å². The monoisotopic (exact) mass is 459 g/mol. The zero-order chi connectivity index (χ0) is 24.1. The van der Waals surface area contributed by atoms with Crippen LogP contribution in [0.25, 0.3) is 0 Å². The molecule has 1 aliphatic rings. The van der Waals surface area contributed by atoms with Gasteiger partial charge in [-0.25, -0.2) is 4.79 Å². The van der Waals surface area contributed by atoms with Crippen molar-refractivity contribution in [2.45, 2.75) is 109 Å². The topological polar surface area (TPSA) is 55.8 Å². The van der Waals surface area contributed by atoms with Crippen LogP contribution in [0.15, 0.2) is 24.3 Å². The van der Waals surface area contributed by atoms with Gasteiger partial charge in [-0.2, -0.15) is 0 Å². The molecule has 1 saturated heterocycles. The average molecular weight is 460 g/mol. The second kappa shape index (κ2) is 14.4. The van der Waals surface area contributed by atoms with Crippen molar-refractivity contribution >= 4 is 12.4 Å². The number of ether oxygens (including phenoxy) is 2. The van der Waals surface area contributed by atoms with Crippen molar-refractivity contribution in [3.63, 3.8) is 0 Å². The van der Waals surface area contributed by atoms with E-state index in [2.05, 4.69) is 31.2 Å². The molecule has 1 amide bonds. The number of aldehydes is 1. The van der Waals surface area contributed by atoms with Gasteiger partial charge in [0.25, 0.3) is 0 Å². The lowest BCUT2D eigenvalue weighted by atomic mass is 9.91. The molecule has 0 radical (unpaired) electrons. The summed E-state index contributed by atoms with van der Waals surface area (Å²) < 4.78 is 11.6. The van der Waals surface area contributed by atoms with Gasteiger partial charge in [-0.05, 0) is 57.6 Å². The Balaban J connectivity index is 1.98. The van der Waals surface area contributed by atoms with Crippen LogP contribution >= 0.6 is 0 Å². The minimum Gasteiger partial charge on any atom is -0.444 e. The molecule has 1 aromatic rings. The highest BCUT2D eigenvalue weighted by Gasteiger charge is 2.39. The molecule has 0 aromatic heterocycles. The lowest BCUT2D eigenvalue weighted by Gasteiger charge is -2.30. The Morgan fingerprint density at radius 3 is 2.42 bits per heavy atom. The Morgan fingerprint density at radius 1 is 1.06 bits per heavy atom. The van der Waals surface area contributed by atoms with E-state index in [9.17, 15) is 9.59 Å². The highest BCUT2D eigenvalue weighted by molar-refractivity contribution is 5.69. The summed E-state index contributed by atoms with van der Waals surface area (Å²) in [5, 5.41) is 0. The zero-order valence-corrected chi connectivity index (χ0v) is 21.3. The largest absolute Gasteiger partial charge is 0.444 e. The maximum atomic E-state index is 12.9. The predicted octanol–water partition coefficient (Wildman–Crippen LogP) is 6.68. The number of rotatable bonds is 14. The number of unbranched alkanes of at least 4 members (excludes halogenated alkanes) is 6. The van der Waals surface area contributed by atoms with E-state index in [1.165, 1.54) is 49.7 Å². The summed E-state index contributed by atoms with van der Waals surface area (Å²) in [6, 6.07) is 8.91. The highest BCUT2D eigenvalue weighted by atomic mass is 16.6. The van der Waals surface area contributed by atoms with Gasteiger partial charge in [0.1, 0.15) is 11.9 Å². The van der Waals surface area contributed by atoms with Crippen LogP contribution in [-0.2, 0) is 20.7 Å². The van der Waals surface area contributed by atoms with Gasteiger partial charge in [0.15, 0.2) is 0 Å². The summed E-state index contributed by atoms with van der Waals surface area (Å²) in [5.74, 6) is 0.228. The summed E-state index contributed by atoms with van der Waals surface area (Å²) >= 11 is 0. The van der Waals surface area contributed by atoms with E-state index in [0.29, 0.717) is 32.6 Å². The van der Waals surface area contributed by atoms with Crippen LogP contribution in [0.2, 0.25) is 0 Å². The first-order valence-electron chi connectivity index (χ1n) is 13.0. The van der Waals surface area contributed by atoms with Gasteiger partial charge in [0.2, 0.25) is 0 Å². The lowest BCUT2D eigenvalue weighted by molar-refractivity contribution is -0.108. The van der Waals surface area contributed by atoms with Crippen molar-refractivity contribution < 1.29 is 19.1 Å². The Kier molecular flexibility index (Phi) is 11.9. The number of amides is 1. The summed E-state index contributed by atoms with van der Waals surface area (Å²) in [4.78, 5) is 25.2. The minimum atomic E-state index is -0.525. The molecule has 5 nitrogen and oxygen atoms in total. The Hall–Kier alpha value is -1.88. The maximum absolute atomic E-state index is 12.9. The third kappa shape index (κ3) is 9.87. The number of aryl methyl sites for hydroxylation is 1. The molecule has 2 rings (SSSR count). The van der Waals surface area contributed by atoms with E-state index >= 15 is 0 Å². The average Bonchev–Trinajstić information content (AvgIpc) is 3.19. The molecule has 0 aliphatic carbocycles. The van der Waals surface area contributed by atoms with Crippen LogP contribution < -0.4 is 0 Å². The summed E-state index contributed by atoms with van der Waals surface area (Å²) in [7, 11) is 0. The summed E-state index contributed by atoms with van der Waals surface area (Å²) in [5.41, 5.74) is 2.12. The first-order chi connectivity index (χ1) is 15.9. The molecular weight excluding hydrogens is 414 g/mol. The molecular formula is C28H45NO4. The Labute approximate surface area is 201 Å². The van der Waals surface area contributed by atoms with Crippen molar-refractivity contribution in [1.82, 2.24) is 4.90 Å². The Bertz CT molecular complexity index is 695. The number of carbonyl (C=O) groups is 2. The van der Waals surface area contributed by atoms with Crippen LogP contribution in [-0.4, -0.2) is 48.7 Å². The molecule has 5 heteroatoms. The van der Waals surface area contributed by atoms with Gasteiger partial charge in [0.05, 0.1) is 12.6 Å². The number of hydrogen-bond donors (Lipinski definition) is 0. The standard InChI is InChI=1S/C28H45NO4/c1-5-6-7-8-9-10-13-23-14-16-24(17-15-23)25-18-19-29(27(31)33-28(2,3)4)26(25)22-32-21-12-11-20-30/h14-17,20,25-26H,5-13,18-19,21-22H2,1-4H3/t25-,26-/m1/s1. The van der Waals surface area contributed by atoms with Crippen LogP contribution in [0.4, 0.5) is 4.79 Å². The molecule has 0 bridgehead atoms. The number of nitrogens with zero attached hydrogens (tertiary/aromatic N) is 1. The van der Waals surface area contributed by atoms with Crippen molar-refractivity contribution in [3.8, 4) is 0 Å². The summed E-state index contributed by atoms with van der Waals surface area (Å²) in [6.45, 7) is 9.60. The van der Waals surface area contributed by atoms with E-state index in [-0.39, 0.29) is 18.1 Å². The molecule has 0 spiro atoms. The van der Waals surface area contributed by atoms with Gasteiger partial charge in [-0.3, -0.25) is 0 Å². The molecule has 1 aromatic carbocycles.